The van der Waals surface area contributed by atoms with Gasteiger partial charge in [-0.25, -0.2) is 0 Å². The lowest BCUT2D eigenvalue weighted by atomic mass is 9.99. The molecule has 1 aliphatic rings. The number of fused-ring (bicyclic) bond motifs is 1. The Morgan fingerprint density at radius 1 is 1.17 bits per heavy atom. The van der Waals surface area contributed by atoms with Gasteiger partial charge in [-0.1, -0.05) is 86.9 Å². The third-order valence-electron chi connectivity index (χ3n) is 5.91. The summed E-state index contributed by atoms with van der Waals surface area (Å²) in [4.78, 5) is 33.3. The summed E-state index contributed by atoms with van der Waals surface area (Å²) in [6.45, 7) is 4.87. The molecule has 1 aliphatic heterocycles. The van der Waals surface area contributed by atoms with Gasteiger partial charge in [-0.2, -0.15) is 4.98 Å². The van der Waals surface area contributed by atoms with E-state index in [2.05, 4.69) is 18.8 Å². The fraction of sp³-hybridized carbons (Fsp3) is 0.308. The van der Waals surface area contributed by atoms with Crippen LogP contribution < -0.4 is 10.3 Å². The predicted molar refractivity (Wildman–Crippen MR) is 146 cm³/mol. The molecular weight excluding hydrogens is 502 g/mol. The Balaban J connectivity index is 1.73. The summed E-state index contributed by atoms with van der Waals surface area (Å²) >= 11 is 13.0. The van der Waals surface area contributed by atoms with Crippen LogP contribution in [0.4, 0.5) is 0 Å². The van der Waals surface area contributed by atoms with E-state index in [1.165, 1.54) is 22.2 Å². The minimum absolute atomic E-state index is 0.0777. The molecule has 6 nitrogen and oxygen atoms in total. The molecule has 1 amide bonds. The second kappa shape index (κ2) is 11.4. The summed E-state index contributed by atoms with van der Waals surface area (Å²) in [6.07, 6.45) is 7.42. The Morgan fingerprint density at radius 3 is 2.69 bits per heavy atom. The molecule has 182 valence electrons. The van der Waals surface area contributed by atoms with Crippen LogP contribution in [0.25, 0.3) is 11.7 Å². The van der Waals surface area contributed by atoms with Crippen LogP contribution >= 0.6 is 35.6 Å². The van der Waals surface area contributed by atoms with Crippen molar-refractivity contribution in [3.63, 3.8) is 0 Å². The first-order valence-corrected chi connectivity index (χ1v) is 13.2. The molecule has 1 atom stereocenters. The van der Waals surface area contributed by atoms with Crippen LogP contribution in [0.3, 0.4) is 0 Å². The number of carbonyl (C=O) groups is 1. The van der Waals surface area contributed by atoms with Gasteiger partial charge in [-0.05, 0) is 42.7 Å². The molecule has 3 aromatic rings. The monoisotopic (exact) mass is 527 g/mol. The average molecular weight is 528 g/mol. The largest absolute Gasteiger partial charge is 0.437 e. The minimum Gasteiger partial charge on any atom is -0.437 e. The number of nitrogens with zero attached hydrogens (tertiary/aromatic N) is 3. The molecule has 1 unspecified atom stereocenters. The highest BCUT2D eigenvalue weighted by atomic mass is 35.5. The Labute approximate surface area is 219 Å². The van der Waals surface area contributed by atoms with Crippen molar-refractivity contribution in [2.45, 2.75) is 39.5 Å². The summed E-state index contributed by atoms with van der Waals surface area (Å²) < 4.78 is 7.91. The number of rotatable bonds is 9. The molecule has 35 heavy (non-hydrogen) atoms. The van der Waals surface area contributed by atoms with Crippen molar-refractivity contribution < 1.29 is 9.53 Å². The maximum atomic E-state index is 13.4. The number of thioether (sulfide) groups is 1. The van der Waals surface area contributed by atoms with Gasteiger partial charge in [-0.3, -0.25) is 18.9 Å². The second-order valence-electron chi connectivity index (χ2n) is 8.31. The molecule has 9 heteroatoms. The van der Waals surface area contributed by atoms with Crippen LogP contribution in [0, 0.1) is 5.92 Å². The third kappa shape index (κ3) is 5.60. The summed E-state index contributed by atoms with van der Waals surface area (Å²) in [6, 6.07) is 12.2. The highest BCUT2D eigenvalue weighted by molar-refractivity contribution is 8.26. The Kier molecular flexibility index (Phi) is 8.26. The molecule has 0 radical (unpaired) electrons. The molecule has 2 aromatic heterocycles. The van der Waals surface area contributed by atoms with Crippen LogP contribution in [-0.2, 0) is 4.79 Å². The van der Waals surface area contributed by atoms with Crippen LogP contribution in [0.2, 0.25) is 5.02 Å². The summed E-state index contributed by atoms with van der Waals surface area (Å²) in [5.74, 6) is 0.624. The number of hydrogen-bond acceptors (Lipinski definition) is 6. The lowest BCUT2D eigenvalue weighted by molar-refractivity contribution is -0.122. The molecule has 0 bridgehead atoms. The quantitative estimate of drug-likeness (QED) is 0.232. The van der Waals surface area contributed by atoms with E-state index in [1.54, 1.807) is 53.6 Å². The zero-order chi connectivity index (χ0) is 24.9. The van der Waals surface area contributed by atoms with Gasteiger partial charge in [0.2, 0.25) is 5.88 Å². The van der Waals surface area contributed by atoms with Gasteiger partial charge in [0.25, 0.3) is 11.5 Å². The molecule has 0 N–H and O–H groups in total. The number of aromatic nitrogens is 2. The van der Waals surface area contributed by atoms with Gasteiger partial charge < -0.3 is 4.74 Å². The molecule has 0 aliphatic carbocycles. The molecular formula is C26H26ClN3O3S2. The average Bonchev–Trinajstić information content (AvgIpc) is 3.12. The lowest BCUT2D eigenvalue weighted by Crippen LogP contribution is -2.33. The number of hydrogen-bond donors (Lipinski definition) is 0. The number of pyridine rings is 1. The third-order valence-corrected chi connectivity index (χ3v) is 7.60. The number of thiocarbonyl (C=S) groups is 1. The van der Waals surface area contributed by atoms with Crippen LogP contribution in [0.5, 0.6) is 11.6 Å². The first kappa shape index (κ1) is 25.4. The summed E-state index contributed by atoms with van der Waals surface area (Å²) in [7, 11) is 0. The first-order valence-electron chi connectivity index (χ1n) is 11.6. The van der Waals surface area contributed by atoms with Crippen molar-refractivity contribution >= 4 is 57.5 Å². The molecule has 0 spiro atoms. The van der Waals surface area contributed by atoms with Crippen molar-refractivity contribution in [3.05, 3.63) is 74.5 Å². The lowest BCUT2D eigenvalue weighted by Gasteiger charge is -2.21. The Bertz CT molecular complexity index is 1360. The highest BCUT2D eigenvalue weighted by Gasteiger charge is 2.34. The SMILES string of the molecule is CCCCC(CC)CN1C(=O)/C(=C\c2c(Oc3ccccc3Cl)nc3ccccn3c2=O)SC1=S. The summed E-state index contributed by atoms with van der Waals surface area (Å²) in [5, 5.41) is 0.387. The minimum atomic E-state index is -0.350. The van der Waals surface area contributed by atoms with E-state index in [0.29, 0.717) is 38.1 Å². The van der Waals surface area contributed by atoms with Gasteiger partial charge in [0, 0.05) is 12.7 Å². The van der Waals surface area contributed by atoms with Crippen molar-refractivity contribution in [3.8, 4) is 11.6 Å². The Morgan fingerprint density at radius 2 is 1.94 bits per heavy atom. The van der Waals surface area contributed by atoms with E-state index >= 15 is 0 Å². The van der Waals surface area contributed by atoms with Gasteiger partial charge in [0.05, 0.1) is 9.93 Å². The van der Waals surface area contributed by atoms with Crippen LogP contribution in [-0.4, -0.2) is 31.1 Å². The Hall–Kier alpha value is -2.68. The standard InChI is InChI=1S/C26H26ClN3O3S2/c1-3-5-10-17(4-2)16-30-25(32)21(35-26(30)34)15-18-23(33-20-12-7-6-11-19(20)27)28-22-13-8-9-14-29(22)24(18)31/h6-9,11-15,17H,3-5,10,16H2,1-2H3/b21-15+. The van der Waals surface area contributed by atoms with Crippen molar-refractivity contribution in [1.29, 1.82) is 0 Å². The molecule has 1 aromatic carbocycles. The van der Waals surface area contributed by atoms with E-state index in [9.17, 15) is 9.59 Å². The zero-order valence-electron chi connectivity index (χ0n) is 19.6. The normalized spacial score (nSPS) is 15.9. The van der Waals surface area contributed by atoms with E-state index in [1.807, 2.05) is 0 Å². The molecule has 4 rings (SSSR count). The molecule has 1 fully saturated rings. The fourth-order valence-electron chi connectivity index (χ4n) is 3.88. The van der Waals surface area contributed by atoms with Gasteiger partial charge in [0.1, 0.15) is 21.3 Å². The van der Waals surface area contributed by atoms with E-state index in [4.69, 9.17) is 28.6 Å². The number of carbonyl (C=O) groups excluding carboxylic acids is 1. The van der Waals surface area contributed by atoms with Gasteiger partial charge in [0.15, 0.2) is 0 Å². The smallest absolute Gasteiger partial charge is 0.269 e. The predicted octanol–water partition coefficient (Wildman–Crippen LogP) is 6.56. The molecule has 3 heterocycles. The number of ether oxygens (including phenoxy) is 1. The number of unbranched alkanes of at least 4 members (excludes halogenated alkanes) is 1. The van der Waals surface area contributed by atoms with E-state index in [-0.39, 0.29) is 22.9 Å². The molecule has 0 saturated carbocycles. The van der Waals surface area contributed by atoms with Gasteiger partial charge >= 0.3 is 0 Å². The number of halogens is 1. The number of amides is 1. The van der Waals surface area contributed by atoms with Crippen molar-refractivity contribution in [2.24, 2.45) is 5.92 Å². The van der Waals surface area contributed by atoms with Gasteiger partial charge in [-0.15, -0.1) is 0 Å². The van der Waals surface area contributed by atoms with E-state index < -0.39 is 0 Å². The fourth-order valence-corrected chi connectivity index (χ4v) is 5.31. The summed E-state index contributed by atoms with van der Waals surface area (Å²) in [5.41, 5.74) is 0.232. The van der Waals surface area contributed by atoms with E-state index in [0.717, 1.165) is 25.7 Å². The topological polar surface area (TPSA) is 63.9 Å². The van der Waals surface area contributed by atoms with Crippen LogP contribution in [0.15, 0.2) is 58.4 Å². The van der Waals surface area contributed by atoms with Crippen molar-refractivity contribution in [1.82, 2.24) is 14.3 Å². The van der Waals surface area contributed by atoms with Crippen molar-refractivity contribution in [2.75, 3.05) is 6.54 Å². The number of para-hydroxylation sites is 1. The maximum absolute atomic E-state index is 13.4. The zero-order valence-corrected chi connectivity index (χ0v) is 22.0. The maximum Gasteiger partial charge on any atom is 0.269 e. The number of benzene rings is 1. The highest BCUT2D eigenvalue weighted by Crippen LogP contribution is 2.36. The first-order chi connectivity index (χ1) is 16.9. The second-order valence-corrected chi connectivity index (χ2v) is 10.4. The molecule has 1 saturated heterocycles. The van der Waals surface area contributed by atoms with Crippen LogP contribution in [0.1, 0.15) is 45.1 Å².